The van der Waals surface area contributed by atoms with E-state index < -0.39 is 24.1 Å². The summed E-state index contributed by atoms with van der Waals surface area (Å²) < 4.78 is 10.8. The van der Waals surface area contributed by atoms with Gasteiger partial charge >= 0.3 is 6.09 Å². The Balaban J connectivity index is 1.98. The minimum atomic E-state index is -1.27. The van der Waals surface area contributed by atoms with Crippen LogP contribution in [0.25, 0.3) is 0 Å². The number of hydrogen-bond donors (Lipinski definition) is 1. The van der Waals surface area contributed by atoms with Gasteiger partial charge in [-0.1, -0.05) is 30.3 Å². The van der Waals surface area contributed by atoms with Crippen LogP contribution < -0.4 is 0 Å². The van der Waals surface area contributed by atoms with Gasteiger partial charge in [-0.25, -0.2) is 9.69 Å². The van der Waals surface area contributed by atoms with Crippen LogP contribution in [0.4, 0.5) is 4.79 Å². The zero-order valence-corrected chi connectivity index (χ0v) is 11.2. The summed E-state index contributed by atoms with van der Waals surface area (Å²) in [6, 6.07) is 8.94. The third kappa shape index (κ3) is 3.34. The fraction of sp³-hybridized carbons (Fsp3) is 0.429. The molecule has 2 atom stereocenters. The molecule has 0 spiro atoms. The molecule has 1 aromatic rings. The molecule has 20 heavy (non-hydrogen) atoms. The molecule has 1 heterocycles. The van der Waals surface area contributed by atoms with E-state index in [1.165, 1.54) is 0 Å². The number of morpholine rings is 1. The molecule has 0 aliphatic carbocycles. The summed E-state index contributed by atoms with van der Waals surface area (Å²) in [7, 11) is 0. The molecule has 0 radical (unpaired) electrons. The van der Waals surface area contributed by atoms with E-state index in [-0.39, 0.29) is 13.2 Å². The molecule has 0 saturated carbocycles. The van der Waals surface area contributed by atoms with E-state index in [1.807, 2.05) is 30.3 Å². The molecule has 2 rings (SSSR count). The van der Waals surface area contributed by atoms with Crippen LogP contribution in [-0.2, 0) is 20.9 Å². The summed E-state index contributed by atoms with van der Waals surface area (Å²) >= 11 is 0. The van der Waals surface area contributed by atoms with E-state index in [4.69, 9.17) is 14.6 Å². The van der Waals surface area contributed by atoms with Crippen molar-refractivity contribution < 1.29 is 24.2 Å². The van der Waals surface area contributed by atoms with Crippen LogP contribution >= 0.6 is 0 Å². The molecule has 2 amide bonds. The first kappa shape index (κ1) is 14.5. The molecule has 6 nitrogen and oxygen atoms in total. The van der Waals surface area contributed by atoms with Crippen molar-refractivity contribution in [2.24, 2.45) is 0 Å². The van der Waals surface area contributed by atoms with Crippen molar-refractivity contribution in [3.63, 3.8) is 0 Å². The predicted molar refractivity (Wildman–Crippen MR) is 70.2 cm³/mol. The first-order chi connectivity index (χ1) is 9.59. The lowest BCUT2D eigenvalue weighted by Gasteiger charge is -2.35. The van der Waals surface area contributed by atoms with Crippen LogP contribution in [0.1, 0.15) is 12.5 Å². The molecule has 6 heteroatoms. The van der Waals surface area contributed by atoms with Gasteiger partial charge in [-0.15, -0.1) is 0 Å². The first-order valence-corrected chi connectivity index (χ1v) is 6.38. The second-order valence-electron chi connectivity index (χ2n) is 4.63. The van der Waals surface area contributed by atoms with Crippen LogP contribution in [0.3, 0.4) is 0 Å². The summed E-state index contributed by atoms with van der Waals surface area (Å²) in [6.45, 7) is 2.06. The number of carbonyl (C=O) groups excluding carboxylic acids is 1. The van der Waals surface area contributed by atoms with Crippen molar-refractivity contribution in [1.29, 1.82) is 0 Å². The SMILES string of the molecule is C[C@@H](OCc1ccccc1)[C@H]1COCC(=O)N1C(=O)O. The average molecular weight is 279 g/mol. The van der Waals surface area contributed by atoms with E-state index in [0.29, 0.717) is 6.61 Å². The van der Waals surface area contributed by atoms with Crippen molar-refractivity contribution in [2.75, 3.05) is 13.2 Å². The minimum absolute atomic E-state index is 0.161. The van der Waals surface area contributed by atoms with Gasteiger partial charge in [-0.2, -0.15) is 0 Å². The lowest BCUT2D eigenvalue weighted by molar-refractivity contribution is -0.151. The highest BCUT2D eigenvalue weighted by atomic mass is 16.5. The molecular formula is C14H17NO5. The Morgan fingerprint density at radius 1 is 1.50 bits per heavy atom. The number of carboxylic acid groups (broad SMARTS) is 1. The number of carbonyl (C=O) groups is 2. The van der Waals surface area contributed by atoms with Crippen LogP contribution in [0.5, 0.6) is 0 Å². The highest BCUT2D eigenvalue weighted by molar-refractivity contribution is 5.92. The third-order valence-corrected chi connectivity index (χ3v) is 3.22. The molecule has 0 aromatic heterocycles. The predicted octanol–water partition coefficient (Wildman–Crippen LogP) is 1.50. The van der Waals surface area contributed by atoms with Gasteiger partial charge in [0.1, 0.15) is 6.61 Å². The molecule has 1 aliphatic heterocycles. The van der Waals surface area contributed by atoms with E-state index in [1.54, 1.807) is 6.92 Å². The lowest BCUT2D eigenvalue weighted by Crippen LogP contribution is -2.56. The van der Waals surface area contributed by atoms with Crippen molar-refractivity contribution in [3.8, 4) is 0 Å². The maximum absolute atomic E-state index is 11.6. The molecule has 1 N–H and O–H groups in total. The van der Waals surface area contributed by atoms with Crippen LogP contribution in [0, 0.1) is 0 Å². The molecule has 1 saturated heterocycles. The van der Waals surface area contributed by atoms with Crippen molar-refractivity contribution in [3.05, 3.63) is 35.9 Å². The van der Waals surface area contributed by atoms with Crippen molar-refractivity contribution in [2.45, 2.75) is 25.7 Å². The summed E-state index contributed by atoms with van der Waals surface area (Å²) in [5.74, 6) is -0.552. The monoisotopic (exact) mass is 279 g/mol. The Labute approximate surface area is 116 Å². The lowest BCUT2D eigenvalue weighted by atomic mass is 10.1. The molecule has 0 unspecified atom stereocenters. The molecular weight excluding hydrogens is 262 g/mol. The van der Waals surface area contributed by atoms with Gasteiger partial charge in [-0.05, 0) is 12.5 Å². The maximum Gasteiger partial charge on any atom is 0.414 e. The number of ether oxygens (including phenoxy) is 2. The van der Waals surface area contributed by atoms with Crippen LogP contribution in [-0.4, -0.2) is 47.4 Å². The highest BCUT2D eigenvalue weighted by Crippen LogP contribution is 2.16. The van der Waals surface area contributed by atoms with E-state index in [0.717, 1.165) is 10.5 Å². The second kappa shape index (κ2) is 6.49. The van der Waals surface area contributed by atoms with Crippen LogP contribution in [0.2, 0.25) is 0 Å². The average Bonchev–Trinajstić information content (AvgIpc) is 2.45. The van der Waals surface area contributed by atoms with Crippen LogP contribution in [0.15, 0.2) is 30.3 Å². The Kier molecular flexibility index (Phi) is 4.70. The first-order valence-electron chi connectivity index (χ1n) is 6.38. The Morgan fingerprint density at radius 2 is 2.20 bits per heavy atom. The van der Waals surface area contributed by atoms with Gasteiger partial charge in [0.2, 0.25) is 0 Å². The van der Waals surface area contributed by atoms with Crippen molar-refractivity contribution >= 4 is 12.0 Å². The Hall–Kier alpha value is -1.92. The number of nitrogens with zero attached hydrogens (tertiary/aromatic N) is 1. The topological polar surface area (TPSA) is 76.1 Å². The van der Waals surface area contributed by atoms with E-state index in [2.05, 4.69) is 0 Å². The summed E-state index contributed by atoms with van der Waals surface area (Å²) in [5, 5.41) is 9.11. The van der Waals surface area contributed by atoms with Gasteiger partial charge in [0, 0.05) is 0 Å². The van der Waals surface area contributed by atoms with E-state index >= 15 is 0 Å². The minimum Gasteiger partial charge on any atom is -0.465 e. The van der Waals surface area contributed by atoms with Gasteiger partial charge in [0.15, 0.2) is 0 Å². The largest absolute Gasteiger partial charge is 0.465 e. The summed E-state index contributed by atoms with van der Waals surface area (Å²) in [4.78, 5) is 23.5. The Bertz CT molecular complexity index is 476. The quantitative estimate of drug-likeness (QED) is 0.903. The van der Waals surface area contributed by atoms with Gasteiger partial charge in [0.25, 0.3) is 5.91 Å². The van der Waals surface area contributed by atoms with Gasteiger partial charge < -0.3 is 14.6 Å². The number of benzene rings is 1. The smallest absolute Gasteiger partial charge is 0.414 e. The van der Waals surface area contributed by atoms with Gasteiger partial charge in [0.05, 0.1) is 25.4 Å². The highest BCUT2D eigenvalue weighted by Gasteiger charge is 2.37. The molecule has 108 valence electrons. The maximum atomic E-state index is 11.6. The van der Waals surface area contributed by atoms with Crippen molar-refractivity contribution in [1.82, 2.24) is 4.90 Å². The third-order valence-electron chi connectivity index (χ3n) is 3.22. The number of amides is 2. The fourth-order valence-electron chi connectivity index (χ4n) is 2.10. The summed E-state index contributed by atoms with van der Waals surface area (Å²) in [5.41, 5.74) is 0.990. The fourth-order valence-corrected chi connectivity index (χ4v) is 2.10. The number of rotatable bonds is 4. The number of imide groups is 1. The molecule has 1 fully saturated rings. The van der Waals surface area contributed by atoms with Gasteiger partial charge in [-0.3, -0.25) is 4.79 Å². The Morgan fingerprint density at radius 3 is 2.85 bits per heavy atom. The zero-order valence-electron chi connectivity index (χ0n) is 11.2. The second-order valence-corrected chi connectivity index (χ2v) is 4.63. The summed E-state index contributed by atoms with van der Waals surface area (Å²) in [6.07, 6.45) is -1.70. The van der Waals surface area contributed by atoms with E-state index in [9.17, 15) is 9.59 Å². The number of hydrogen-bond acceptors (Lipinski definition) is 4. The zero-order chi connectivity index (χ0) is 14.5. The molecule has 0 bridgehead atoms. The molecule has 1 aromatic carbocycles. The molecule has 1 aliphatic rings. The normalized spacial score (nSPS) is 20.8. The standard InChI is InChI=1S/C14H17NO5/c1-10(20-7-11-5-3-2-4-6-11)12-8-19-9-13(16)15(12)14(17)18/h2-6,10,12H,7-9H2,1H3,(H,17,18)/t10-,12-/m1/s1.